The Labute approximate surface area is 113 Å². The van der Waals surface area contributed by atoms with E-state index in [0.717, 1.165) is 0 Å². The van der Waals surface area contributed by atoms with E-state index in [1.165, 1.54) is 12.1 Å². The molecular formula is C12H14BrNO4. The van der Waals surface area contributed by atoms with Gasteiger partial charge >= 0.3 is 12.1 Å². The van der Waals surface area contributed by atoms with Crippen LogP contribution in [0.25, 0.3) is 0 Å². The van der Waals surface area contributed by atoms with Crippen molar-refractivity contribution < 1.29 is 19.4 Å². The van der Waals surface area contributed by atoms with Gasteiger partial charge < -0.3 is 9.84 Å². The van der Waals surface area contributed by atoms with Crippen LogP contribution in [0, 0.1) is 0 Å². The third kappa shape index (κ3) is 4.37. The highest BCUT2D eigenvalue weighted by molar-refractivity contribution is 9.10. The maximum absolute atomic E-state index is 11.5. The van der Waals surface area contributed by atoms with Crippen LogP contribution in [0.15, 0.2) is 22.7 Å². The van der Waals surface area contributed by atoms with Crippen molar-refractivity contribution in [3.05, 3.63) is 28.2 Å². The minimum absolute atomic E-state index is 0.00441. The largest absolute Gasteiger partial charge is 0.478 e. The molecule has 0 aliphatic rings. The quantitative estimate of drug-likeness (QED) is 0.875. The predicted octanol–water partition coefficient (Wildman–Crippen LogP) is 3.49. The van der Waals surface area contributed by atoms with Gasteiger partial charge in [-0.2, -0.15) is 0 Å². The molecule has 98 valence electrons. The van der Waals surface area contributed by atoms with Crippen LogP contribution >= 0.6 is 15.9 Å². The van der Waals surface area contributed by atoms with Crippen molar-refractivity contribution in [3.8, 4) is 0 Å². The monoisotopic (exact) mass is 315 g/mol. The number of carbonyl (C=O) groups excluding carboxylic acids is 1. The maximum Gasteiger partial charge on any atom is 0.412 e. The fourth-order valence-electron chi connectivity index (χ4n) is 1.22. The summed E-state index contributed by atoms with van der Waals surface area (Å²) in [6.07, 6.45) is -0.688. The topological polar surface area (TPSA) is 75.6 Å². The molecule has 0 heterocycles. The SMILES string of the molecule is CC(C)(C)OC(=O)Nc1ccc(Br)cc1C(=O)O. The van der Waals surface area contributed by atoms with Crippen LogP contribution in [-0.4, -0.2) is 22.8 Å². The molecule has 1 aromatic carbocycles. The summed E-state index contributed by atoms with van der Waals surface area (Å²) in [5, 5.41) is 11.4. The van der Waals surface area contributed by atoms with Gasteiger partial charge in [-0.25, -0.2) is 9.59 Å². The predicted molar refractivity (Wildman–Crippen MR) is 71.0 cm³/mol. The summed E-state index contributed by atoms with van der Waals surface area (Å²) in [6.45, 7) is 5.19. The number of amides is 1. The molecule has 0 aliphatic heterocycles. The highest BCUT2D eigenvalue weighted by atomic mass is 79.9. The molecule has 0 unspecified atom stereocenters. The average Bonchev–Trinajstić information content (AvgIpc) is 2.17. The second kappa shape index (κ2) is 5.39. The second-order valence-corrected chi connectivity index (χ2v) is 5.54. The van der Waals surface area contributed by atoms with Crippen molar-refractivity contribution in [2.45, 2.75) is 26.4 Å². The lowest BCUT2D eigenvalue weighted by Crippen LogP contribution is -2.27. The molecule has 0 spiro atoms. The lowest BCUT2D eigenvalue weighted by atomic mass is 10.2. The van der Waals surface area contributed by atoms with Crippen LogP contribution in [0.5, 0.6) is 0 Å². The smallest absolute Gasteiger partial charge is 0.412 e. The van der Waals surface area contributed by atoms with Gasteiger partial charge in [0.25, 0.3) is 0 Å². The van der Waals surface area contributed by atoms with E-state index >= 15 is 0 Å². The second-order valence-electron chi connectivity index (χ2n) is 4.62. The minimum Gasteiger partial charge on any atom is -0.478 e. The van der Waals surface area contributed by atoms with Crippen molar-refractivity contribution in [2.24, 2.45) is 0 Å². The van der Waals surface area contributed by atoms with Gasteiger partial charge in [0.2, 0.25) is 0 Å². The lowest BCUT2D eigenvalue weighted by molar-refractivity contribution is 0.0636. The van der Waals surface area contributed by atoms with E-state index in [9.17, 15) is 9.59 Å². The molecule has 0 atom stereocenters. The van der Waals surface area contributed by atoms with Crippen LogP contribution in [-0.2, 0) is 4.74 Å². The standard InChI is InChI=1S/C12H14BrNO4/c1-12(2,3)18-11(17)14-9-5-4-7(13)6-8(9)10(15)16/h4-6H,1-3H3,(H,14,17)(H,15,16). The Hall–Kier alpha value is -1.56. The summed E-state index contributed by atoms with van der Waals surface area (Å²) in [7, 11) is 0. The van der Waals surface area contributed by atoms with Crippen LogP contribution in [0.1, 0.15) is 31.1 Å². The third-order valence-electron chi connectivity index (χ3n) is 1.85. The zero-order valence-electron chi connectivity index (χ0n) is 10.3. The van der Waals surface area contributed by atoms with Gasteiger partial charge in [0.15, 0.2) is 0 Å². The Kier molecular flexibility index (Phi) is 4.34. The van der Waals surface area contributed by atoms with Gasteiger partial charge in [0.05, 0.1) is 11.3 Å². The van der Waals surface area contributed by atoms with Crippen LogP contribution < -0.4 is 5.32 Å². The van der Waals surface area contributed by atoms with E-state index < -0.39 is 17.7 Å². The first-order valence-electron chi connectivity index (χ1n) is 5.22. The molecule has 0 aliphatic carbocycles. The highest BCUT2D eigenvalue weighted by Crippen LogP contribution is 2.22. The first kappa shape index (κ1) is 14.5. The number of carboxylic acids is 1. The van der Waals surface area contributed by atoms with Crippen LogP contribution in [0.4, 0.5) is 10.5 Å². The summed E-state index contributed by atoms with van der Waals surface area (Å²) in [6, 6.07) is 4.55. The normalized spacial score (nSPS) is 10.9. The molecule has 18 heavy (non-hydrogen) atoms. The summed E-state index contributed by atoms with van der Waals surface area (Å²) in [5.41, 5.74) is -0.446. The number of nitrogens with one attached hydrogen (secondary N) is 1. The summed E-state index contributed by atoms with van der Waals surface area (Å²) < 4.78 is 5.67. The molecule has 1 amide bonds. The van der Waals surface area contributed by atoms with Crippen molar-refractivity contribution in [2.75, 3.05) is 5.32 Å². The Morgan fingerprint density at radius 2 is 1.94 bits per heavy atom. The molecule has 1 rings (SSSR count). The van der Waals surface area contributed by atoms with E-state index in [1.807, 2.05) is 0 Å². The van der Waals surface area contributed by atoms with Crippen molar-refractivity contribution in [3.63, 3.8) is 0 Å². The molecule has 0 fully saturated rings. The number of aromatic carboxylic acids is 1. The molecule has 6 heteroatoms. The molecule has 5 nitrogen and oxygen atoms in total. The van der Waals surface area contributed by atoms with Gasteiger partial charge in [-0.15, -0.1) is 0 Å². The number of halogens is 1. The molecule has 0 bridgehead atoms. The highest BCUT2D eigenvalue weighted by Gasteiger charge is 2.18. The van der Waals surface area contributed by atoms with Gasteiger partial charge in [-0.1, -0.05) is 15.9 Å². The molecule has 0 saturated heterocycles. The number of carboxylic acid groups (broad SMARTS) is 1. The molecule has 0 aromatic heterocycles. The zero-order valence-corrected chi connectivity index (χ0v) is 11.9. The van der Waals surface area contributed by atoms with Crippen molar-refractivity contribution >= 4 is 33.7 Å². The van der Waals surface area contributed by atoms with E-state index in [4.69, 9.17) is 9.84 Å². The van der Waals surface area contributed by atoms with Gasteiger partial charge in [-0.3, -0.25) is 5.32 Å². The van der Waals surface area contributed by atoms with E-state index in [1.54, 1.807) is 26.8 Å². The Morgan fingerprint density at radius 1 is 1.33 bits per heavy atom. The number of ether oxygens (including phenoxy) is 1. The average molecular weight is 316 g/mol. The number of hydrogen-bond acceptors (Lipinski definition) is 3. The van der Waals surface area contributed by atoms with Gasteiger partial charge in [-0.05, 0) is 39.0 Å². The number of rotatable bonds is 2. The minimum atomic E-state index is -1.12. The lowest BCUT2D eigenvalue weighted by Gasteiger charge is -2.20. The summed E-state index contributed by atoms with van der Waals surface area (Å²) in [5.74, 6) is -1.12. The Morgan fingerprint density at radius 3 is 2.44 bits per heavy atom. The van der Waals surface area contributed by atoms with Gasteiger partial charge in [0, 0.05) is 4.47 Å². The van der Waals surface area contributed by atoms with Crippen molar-refractivity contribution in [1.29, 1.82) is 0 Å². The van der Waals surface area contributed by atoms with Crippen molar-refractivity contribution in [1.82, 2.24) is 0 Å². The Bertz CT molecular complexity index is 479. The molecule has 1 aromatic rings. The van der Waals surface area contributed by atoms with E-state index in [0.29, 0.717) is 4.47 Å². The maximum atomic E-state index is 11.5. The Balaban J connectivity index is 2.91. The number of carbonyl (C=O) groups is 2. The van der Waals surface area contributed by atoms with E-state index in [2.05, 4.69) is 21.2 Å². The molecular weight excluding hydrogens is 302 g/mol. The van der Waals surface area contributed by atoms with Gasteiger partial charge in [0.1, 0.15) is 5.60 Å². The number of hydrogen-bond donors (Lipinski definition) is 2. The third-order valence-corrected chi connectivity index (χ3v) is 2.34. The summed E-state index contributed by atoms with van der Waals surface area (Å²) in [4.78, 5) is 22.6. The molecule has 2 N–H and O–H groups in total. The molecule has 0 radical (unpaired) electrons. The van der Waals surface area contributed by atoms with E-state index in [-0.39, 0.29) is 11.3 Å². The number of anilines is 1. The fourth-order valence-corrected chi connectivity index (χ4v) is 1.58. The first-order valence-corrected chi connectivity index (χ1v) is 6.01. The summed E-state index contributed by atoms with van der Waals surface area (Å²) >= 11 is 3.17. The number of benzene rings is 1. The first-order chi connectivity index (χ1) is 8.19. The molecule has 0 saturated carbocycles. The van der Waals surface area contributed by atoms with Crippen LogP contribution in [0.3, 0.4) is 0 Å². The fraction of sp³-hybridized carbons (Fsp3) is 0.333. The van der Waals surface area contributed by atoms with Crippen LogP contribution in [0.2, 0.25) is 0 Å². The zero-order chi connectivity index (χ0) is 13.9.